The Labute approximate surface area is 121 Å². The summed E-state index contributed by atoms with van der Waals surface area (Å²) in [5, 5.41) is 0. The molecule has 3 unspecified atom stereocenters. The number of nitrogens with zero attached hydrogens (tertiary/aromatic N) is 1. The first-order valence-corrected chi connectivity index (χ1v) is 7.85. The number of hydrogen-bond acceptors (Lipinski definition) is 3. The summed E-state index contributed by atoms with van der Waals surface area (Å²) in [6.07, 6.45) is 4.66. The molecule has 3 atom stereocenters. The van der Waals surface area contributed by atoms with E-state index in [1.807, 2.05) is 0 Å². The van der Waals surface area contributed by atoms with Gasteiger partial charge in [-0.15, -0.1) is 0 Å². The minimum absolute atomic E-state index is 0.198. The van der Waals surface area contributed by atoms with E-state index in [0.29, 0.717) is 6.10 Å². The van der Waals surface area contributed by atoms with Gasteiger partial charge in [0.25, 0.3) is 0 Å². The van der Waals surface area contributed by atoms with Gasteiger partial charge in [-0.3, -0.25) is 4.90 Å². The third-order valence-electron chi connectivity index (χ3n) is 4.24. The van der Waals surface area contributed by atoms with Crippen molar-refractivity contribution >= 4 is 0 Å². The summed E-state index contributed by atoms with van der Waals surface area (Å²) in [7, 11) is 0. The van der Waals surface area contributed by atoms with Crippen LogP contribution in [0.3, 0.4) is 0 Å². The smallest absolute Gasteiger partial charge is 0.0956 e. The monoisotopic (exact) mass is 275 g/mol. The molecule has 0 bridgehead atoms. The van der Waals surface area contributed by atoms with Crippen molar-refractivity contribution in [2.45, 2.75) is 44.5 Å². The van der Waals surface area contributed by atoms with Gasteiger partial charge in [-0.05, 0) is 31.7 Å². The van der Waals surface area contributed by atoms with Crippen LogP contribution in [-0.4, -0.2) is 43.3 Å². The predicted octanol–water partition coefficient (Wildman–Crippen LogP) is 3.02. The van der Waals surface area contributed by atoms with E-state index in [1.165, 1.54) is 24.8 Å². The van der Waals surface area contributed by atoms with Gasteiger partial charge in [0.05, 0.1) is 18.3 Å². The number of ether oxygens (including phenoxy) is 2. The molecule has 0 amide bonds. The first-order chi connectivity index (χ1) is 9.81. The second-order valence-electron chi connectivity index (χ2n) is 6.05. The largest absolute Gasteiger partial charge is 0.377 e. The van der Waals surface area contributed by atoms with Crippen molar-refractivity contribution in [2.75, 3.05) is 26.2 Å². The fraction of sp³-hybridized carbons (Fsp3) is 0.647. The number of benzene rings is 1. The molecule has 0 N–H and O–H groups in total. The SMILES string of the molecule is CC1CN(CC2CCCCO2)CC(c2ccccc2)O1. The lowest BCUT2D eigenvalue weighted by atomic mass is 10.0. The molecule has 0 radical (unpaired) electrons. The zero-order valence-electron chi connectivity index (χ0n) is 12.3. The summed E-state index contributed by atoms with van der Waals surface area (Å²) < 4.78 is 12.0. The number of rotatable bonds is 3. The van der Waals surface area contributed by atoms with Crippen molar-refractivity contribution in [3.63, 3.8) is 0 Å². The van der Waals surface area contributed by atoms with Gasteiger partial charge in [0.2, 0.25) is 0 Å². The summed E-state index contributed by atoms with van der Waals surface area (Å²) in [4.78, 5) is 2.52. The molecule has 110 valence electrons. The summed E-state index contributed by atoms with van der Waals surface area (Å²) in [6, 6.07) is 10.6. The summed E-state index contributed by atoms with van der Waals surface area (Å²) in [5.41, 5.74) is 1.29. The molecule has 0 aliphatic carbocycles. The van der Waals surface area contributed by atoms with Crippen LogP contribution in [0, 0.1) is 0 Å². The van der Waals surface area contributed by atoms with E-state index in [2.05, 4.69) is 42.2 Å². The van der Waals surface area contributed by atoms with E-state index in [-0.39, 0.29) is 12.2 Å². The van der Waals surface area contributed by atoms with Crippen molar-refractivity contribution in [1.29, 1.82) is 0 Å². The van der Waals surface area contributed by atoms with Crippen molar-refractivity contribution in [2.24, 2.45) is 0 Å². The van der Waals surface area contributed by atoms with Crippen LogP contribution in [0.1, 0.15) is 37.9 Å². The van der Waals surface area contributed by atoms with Gasteiger partial charge >= 0.3 is 0 Å². The van der Waals surface area contributed by atoms with E-state index >= 15 is 0 Å². The van der Waals surface area contributed by atoms with E-state index in [0.717, 1.165) is 26.2 Å². The topological polar surface area (TPSA) is 21.7 Å². The number of hydrogen-bond donors (Lipinski definition) is 0. The van der Waals surface area contributed by atoms with Crippen LogP contribution >= 0.6 is 0 Å². The van der Waals surface area contributed by atoms with E-state index in [9.17, 15) is 0 Å². The average molecular weight is 275 g/mol. The van der Waals surface area contributed by atoms with Gasteiger partial charge in [-0.2, -0.15) is 0 Å². The Bertz CT molecular complexity index is 403. The van der Waals surface area contributed by atoms with Gasteiger partial charge in [0.1, 0.15) is 0 Å². The van der Waals surface area contributed by atoms with Gasteiger partial charge < -0.3 is 9.47 Å². The van der Waals surface area contributed by atoms with Crippen LogP contribution in [0.2, 0.25) is 0 Å². The quantitative estimate of drug-likeness (QED) is 0.846. The molecule has 1 aromatic carbocycles. The average Bonchev–Trinajstić information content (AvgIpc) is 2.49. The summed E-state index contributed by atoms with van der Waals surface area (Å²) in [5.74, 6) is 0. The summed E-state index contributed by atoms with van der Waals surface area (Å²) >= 11 is 0. The minimum Gasteiger partial charge on any atom is -0.377 e. The van der Waals surface area contributed by atoms with Crippen LogP contribution in [0.5, 0.6) is 0 Å². The van der Waals surface area contributed by atoms with Gasteiger partial charge in [0, 0.05) is 26.2 Å². The standard InChI is InChI=1S/C17H25NO2/c1-14-11-18(12-16-9-5-6-10-19-16)13-17(20-14)15-7-3-2-4-8-15/h2-4,7-8,14,16-17H,5-6,9-13H2,1H3. The predicted molar refractivity (Wildman–Crippen MR) is 79.8 cm³/mol. The normalized spacial score (nSPS) is 32.1. The molecule has 2 aliphatic rings. The Morgan fingerprint density at radius 1 is 1.15 bits per heavy atom. The van der Waals surface area contributed by atoms with E-state index in [1.54, 1.807) is 0 Å². The molecule has 0 spiro atoms. The maximum Gasteiger partial charge on any atom is 0.0956 e. The van der Waals surface area contributed by atoms with Crippen molar-refractivity contribution in [1.82, 2.24) is 4.90 Å². The van der Waals surface area contributed by atoms with E-state index in [4.69, 9.17) is 9.47 Å². The molecule has 3 rings (SSSR count). The molecule has 0 saturated carbocycles. The molecular weight excluding hydrogens is 250 g/mol. The molecule has 0 aromatic heterocycles. The van der Waals surface area contributed by atoms with Crippen LogP contribution in [-0.2, 0) is 9.47 Å². The Balaban J connectivity index is 1.61. The molecular formula is C17H25NO2. The molecule has 20 heavy (non-hydrogen) atoms. The van der Waals surface area contributed by atoms with Gasteiger partial charge in [-0.25, -0.2) is 0 Å². The second kappa shape index (κ2) is 6.70. The Morgan fingerprint density at radius 3 is 2.75 bits per heavy atom. The van der Waals surface area contributed by atoms with Crippen LogP contribution < -0.4 is 0 Å². The van der Waals surface area contributed by atoms with Gasteiger partial charge in [-0.1, -0.05) is 30.3 Å². The lowest BCUT2D eigenvalue weighted by Crippen LogP contribution is -2.46. The minimum atomic E-state index is 0.198. The highest BCUT2D eigenvalue weighted by molar-refractivity contribution is 5.18. The summed E-state index contributed by atoms with van der Waals surface area (Å²) in [6.45, 7) is 6.16. The zero-order chi connectivity index (χ0) is 13.8. The Hall–Kier alpha value is -0.900. The molecule has 1 aromatic rings. The Morgan fingerprint density at radius 2 is 2.00 bits per heavy atom. The molecule has 3 nitrogen and oxygen atoms in total. The van der Waals surface area contributed by atoms with E-state index < -0.39 is 0 Å². The fourth-order valence-corrected chi connectivity index (χ4v) is 3.28. The first kappa shape index (κ1) is 14.1. The van der Waals surface area contributed by atoms with Crippen molar-refractivity contribution in [3.8, 4) is 0 Å². The second-order valence-corrected chi connectivity index (χ2v) is 6.05. The Kier molecular flexibility index (Phi) is 4.71. The van der Waals surface area contributed by atoms with Crippen LogP contribution in [0.25, 0.3) is 0 Å². The maximum atomic E-state index is 6.11. The van der Waals surface area contributed by atoms with Crippen LogP contribution in [0.4, 0.5) is 0 Å². The third kappa shape index (κ3) is 3.60. The molecule has 2 heterocycles. The van der Waals surface area contributed by atoms with Crippen LogP contribution in [0.15, 0.2) is 30.3 Å². The molecule has 2 saturated heterocycles. The highest BCUT2D eigenvalue weighted by atomic mass is 16.5. The zero-order valence-corrected chi connectivity index (χ0v) is 12.3. The van der Waals surface area contributed by atoms with Crippen molar-refractivity contribution < 1.29 is 9.47 Å². The first-order valence-electron chi connectivity index (χ1n) is 7.85. The maximum absolute atomic E-state index is 6.11. The third-order valence-corrected chi connectivity index (χ3v) is 4.24. The molecule has 3 heteroatoms. The van der Waals surface area contributed by atoms with Gasteiger partial charge in [0.15, 0.2) is 0 Å². The molecule has 2 fully saturated rings. The van der Waals surface area contributed by atoms with Crippen molar-refractivity contribution in [3.05, 3.63) is 35.9 Å². The molecule has 2 aliphatic heterocycles. The lowest BCUT2D eigenvalue weighted by Gasteiger charge is -2.39. The lowest BCUT2D eigenvalue weighted by molar-refractivity contribution is -0.0959. The highest BCUT2D eigenvalue weighted by Gasteiger charge is 2.28. The number of morpholine rings is 1. The fourth-order valence-electron chi connectivity index (χ4n) is 3.28. The highest BCUT2D eigenvalue weighted by Crippen LogP contribution is 2.26.